The highest BCUT2D eigenvalue weighted by Crippen LogP contribution is 2.00. The summed E-state index contributed by atoms with van der Waals surface area (Å²) in [6, 6.07) is -0.498. The van der Waals surface area contributed by atoms with E-state index >= 15 is 0 Å². The quantitative estimate of drug-likeness (QED) is 0.653. The molecule has 0 saturated carbocycles. The van der Waals surface area contributed by atoms with Gasteiger partial charge >= 0.3 is 5.97 Å². The van der Waals surface area contributed by atoms with Crippen LogP contribution in [0, 0.1) is 0 Å². The number of sulfonamides is 1. The Balaban J connectivity index is 4.21. The van der Waals surface area contributed by atoms with Crippen molar-refractivity contribution in [2.45, 2.75) is 32.7 Å². The third-order valence-corrected chi connectivity index (χ3v) is 3.09. The maximum absolute atomic E-state index is 11.0. The molecule has 0 aliphatic carbocycles. The first-order valence-electron chi connectivity index (χ1n) is 4.13. The predicted octanol–water partition coefficient (Wildman–Crippen LogP) is 0.179. The lowest BCUT2D eigenvalue weighted by Gasteiger charge is -2.13. The summed E-state index contributed by atoms with van der Waals surface area (Å²) in [4.78, 5) is 10.3. The smallest absolute Gasteiger partial charge is 0.304 e. The molecule has 0 spiro atoms. The van der Waals surface area contributed by atoms with E-state index in [1.807, 2.05) is 0 Å². The van der Waals surface area contributed by atoms with Gasteiger partial charge in [0.25, 0.3) is 0 Å². The van der Waals surface area contributed by atoms with Crippen LogP contribution in [0.2, 0.25) is 0 Å². The van der Waals surface area contributed by atoms with Crippen molar-refractivity contribution in [3.8, 4) is 0 Å². The topological polar surface area (TPSA) is 83.5 Å². The number of carbonyl (C=O) groups is 1. The van der Waals surface area contributed by atoms with Gasteiger partial charge in [-0.25, -0.2) is 13.1 Å². The van der Waals surface area contributed by atoms with Gasteiger partial charge in [0.15, 0.2) is 0 Å². The highest BCUT2D eigenvalue weighted by molar-refractivity contribution is 7.89. The van der Waals surface area contributed by atoms with Gasteiger partial charge in [-0.15, -0.1) is 0 Å². The van der Waals surface area contributed by atoms with Gasteiger partial charge in [-0.1, -0.05) is 6.92 Å². The number of hydrogen-bond acceptors (Lipinski definition) is 3. The van der Waals surface area contributed by atoms with Gasteiger partial charge < -0.3 is 5.11 Å². The van der Waals surface area contributed by atoms with Crippen LogP contribution >= 0.6 is 0 Å². The first kappa shape index (κ1) is 12.4. The van der Waals surface area contributed by atoms with Gasteiger partial charge in [0.2, 0.25) is 10.0 Å². The molecule has 6 heteroatoms. The molecule has 5 nitrogen and oxygen atoms in total. The van der Waals surface area contributed by atoms with Crippen LogP contribution in [-0.2, 0) is 14.8 Å². The summed E-state index contributed by atoms with van der Waals surface area (Å²) in [5, 5.41) is 8.45. The minimum absolute atomic E-state index is 0.0247. The average Bonchev–Trinajstić information content (AvgIpc) is 2.02. The van der Waals surface area contributed by atoms with Crippen molar-refractivity contribution >= 4 is 16.0 Å². The van der Waals surface area contributed by atoms with E-state index in [9.17, 15) is 13.2 Å². The van der Waals surface area contributed by atoms with Crippen molar-refractivity contribution in [1.82, 2.24) is 4.72 Å². The van der Waals surface area contributed by atoms with Crippen LogP contribution in [0.1, 0.15) is 26.7 Å². The van der Waals surface area contributed by atoms with E-state index in [2.05, 4.69) is 4.72 Å². The van der Waals surface area contributed by atoms with Crippen molar-refractivity contribution in [3.63, 3.8) is 0 Å². The monoisotopic (exact) mass is 209 g/mol. The summed E-state index contributed by atoms with van der Waals surface area (Å²) in [6.07, 6.45) is 0.307. The molecule has 0 saturated heterocycles. The standard InChI is InChI=1S/C7H15NO4S/c1-3-6(5-7(9)10)8-13(11,12)4-2/h6,8H,3-5H2,1-2H3,(H,9,10). The summed E-state index contributed by atoms with van der Waals surface area (Å²) in [6.45, 7) is 3.25. The van der Waals surface area contributed by atoms with Gasteiger partial charge in [-0.05, 0) is 13.3 Å². The molecule has 1 atom stereocenters. The molecule has 2 N–H and O–H groups in total. The van der Waals surface area contributed by atoms with Crippen LogP contribution in [0.4, 0.5) is 0 Å². The molecule has 1 unspecified atom stereocenters. The molecule has 0 heterocycles. The second-order valence-electron chi connectivity index (χ2n) is 2.72. The van der Waals surface area contributed by atoms with Gasteiger partial charge in [0.05, 0.1) is 12.2 Å². The van der Waals surface area contributed by atoms with E-state index < -0.39 is 22.0 Å². The molecule has 0 aromatic heterocycles. The minimum atomic E-state index is -3.29. The molecule has 0 aliphatic rings. The molecule has 0 aromatic rings. The summed E-state index contributed by atoms with van der Waals surface area (Å²) >= 11 is 0. The van der Waals surface area contributed by atoms with Crippen LogP contribution in [0.15, 0.2) is 0 Å². The van der Waals surface area contributed by atoms with E-state index in [0.29, 0.717) is 6.42 Å². The fourth-order valence-electron chi connectivity index (χ4n) is 0.817. The van der Waals surface area contributed by atoms with Crippen LogP contribution in [0.25, 0.3) is 0 Å². The SMILES string of the molecule is CCC(CC(=O)O)NS(=O)(=O)CC. The Hall–Kier alpha value is -0.620. The fourth-order valence-corrected chi connectivity index (χ4v) is 1.74. The number of carboxylic acids is 1. The van der Waals surface area contributed by atoms with Gasteiger partial charge in [0.1, 0.15) is 0 Å². The molecule has 78 valence electrons. The van der Waals surface area contributed by atoms with Crippen LogP contribution in [0.5, 0.6) is 0 Å². The second kappa shape index (κ2) is 5.18. The van der Waals surface area contributed by atoms with E-state index in [0.717, 1.165) is 0 Å². The maximum atomic E-state index is 11.0. The molecule has 0 fully saturated rings. The second-order valence-corrected chi connectivity index (χ2v) is 4.77. The summed E-state index contributed by atoms with van der Waals surface area (Å²) in [5.41, 5.74) is 0. The molecule has 0 aliphatic heterocycles. The zero-order valence-electron chi connectivity index (χ0n) is 7.78. The molecule has 0 radical (unpaired) electrons. The predicted molar refractivity (Wildman–Crippen MR) is 48.9 cm³/mol. The molecule has 0 bridgehead atoms. The molecular weight excluding hydrogens is 194 g/mol. The van der Waals surface area contributed by atoms with Crippen LogP contribution in [-0.4, -0.2) is 31.3 Å². The lowest BCUT2D eigenvalue weighted by Crippen LogP contribution is -2.36. The Labute approximate surface area is 78.2 Å². The van der Waals surface area contributed by atoms with Crippen LogP contribution < -0.4 is 4.72 Å². The van der Waals surface area contributed by atoms with Crippen molar-refractivity contribution < 1.29 is 18.3 Å². The lowest BCUT2D eigenvalue weighted by molar-refractivity contribution is -0.137. The normalized spacial score (nSPS) is 14.0. The molecule has 0 aromatic carbocycles. The molecular formula is C7H15NO4S. The zero-order valence-corrected chi connectivity index (χ0v) is 8.60. The van der Waals surface area contributed by atoms with Gasteiger partial charge in [-0.2, -0.15) is 0 Å². The number of rotatable bonds is 6. The Kier molecular flexibility index (Phi) is 4.94. The van der Waals surface area contributed by atoms with Crippen LogP contribution in [0.3, 0.4) is 0 Å². The minimum Gasteiger partial charge on any atom is -0.481 e. The number of aliphatic carboxylic acids is 1. The number of carboxylic acid groups (broad SMARTS) is 1. The summed E-state index contributed by atoms with van der Waals surface area (Å²) in [5.74, 6) is -1.02. The molecule has 0 rings (SSSR count). The highest BCUT2D eigenvalue weighted by atomic mass is 32.2. The first-order valence-corrected chi connectivity index (χ1v) is 5.78. The Morgan fingerprint density at radius 2 is 2.00 bits per heavy atom. The largest absolute Gasteiger partial charge is 0.481 e. The fraction of sp³-hybridized carbons (Fsp3) is 0.857. The first-order chi connectivity index (χ1) is 5.91. The van der Waals surface area contributed by atoms with E-state index in [1.165, 1.54) is 6.92 Å². The van der Waals surface area contributed by atoms with Crippen molar-refractivity contribution in [3.05, 3.63) is 0 Å². The van der Waals surface area contributed by atoms with Crippen molar-refractivity contribution in [1.29, 1.82) is 0 Å². The highest BCUT2D eigenvalue weighted by Gasteiger charge is 2.16. The van der Waals surface area contributed by atoms with Crippen molar-refractivity contribution in [2.75, 3.05) is 5.75 Å². The average molecular weight is 209 g/mol. The Bertz CT molecular complexity index is 260. The zero-order chi connectivity index (χ0) is 10.5. The van der Waals surface area contributed by atoms with E-state index in [1.54, 1.807) is 6.92 Å². The molecule has 0 amide bonds. The van der Waals surface area contributed by atoms with E-state index in [-0.39, 0.29) is 12.2 Å². The van der Waals surface area contributed by atoms with Gasteiger partial charge in [-0.3, -0.25) is 4.79 Å². The summed E-state index contributed by atoms with van der Waals surface area (Å²) in [7, 11) is -3.29. The Morgan fingerprint density at radius 1 is 1.46 bits per heavy atom. The van der Waals surface area contributed by atoms with Gasteiger partial charge in [0, 0.05) is 6.04 Å². The third-order valence-electron chi connectivity index (χ3n) is 1.64. The maximum Gasteiger partial charge on any atom is 0.304 e. The number of hydrogen-bond donors (Lipinski definition) is 2. The Morgan fingerprint density at radius 3 is 2.31 bits per heavy atom. The number of nitrogens with one attached hydrogen (secondary N) is 1. The molecule has 13 heavy (non-hydrogen) atoms. The lowest BCUT2D eigenvalue weighted by atomic mass is 10.2. The third kappa shape index (κ3) is 5.59. The van der Waals surface area contributed by atoms with E-state index in [4.69, 9.17) is 5.11 Å². The summed E-state index contributed by atoms with van der Waals surface area (Å²) < 4.78 is 24.4. The van der Waals surface area contributed by atoms with Crippen molar-refractivity contribution in [2.24, 2.45) is 0 Å².